The van der Waals surface area contributed by atoms with E-state index in [1.165, 1.54) is 0 Å². The van der Waals surface area contributed by atoms with E-state index in [1.54, 1.807) is 27.6 Å². The van der Waals surface area contributed by atoms with Crippen LogP contribution in [-0.2, 0) is 4.74 Å². The van der Waals surface area contributed by atoms with Crippen LogP contribution in [0.4, 0.5) is 4.79 Å². The molecule has 0 bridgehead atoms. The smallest absolute Gasteiger partial charge is 0.419 e. The molecule has 0 radical (unpaired) electrons. The van der Waals surface area contributed by atoms with Crippen LogP contribution in [0.15, 0.2) is 47.2 Å². The maximum atomic E-state index is 12.9. The van der Waals surface area contributed by atoms with Crippen LogP contribution in [-0.4, -0.2) is 16.6 Å². The van der Waals surface area contributed by atoms with E-state index in [4.69, 9.17) is 4.74 Å². The Hall–Kier alpha value is -1.85. The molecule has 23 heavy (non-hydrogen) atoms. The van der Waals surface area contributed by atoms with Crippen molar-refractivity contribution in [2.45, 2.75) is 32.8 Å². The fourth-order valence-corrected chi connectivity index (χ4v) is 3.88. The van der Waals surface area contributed by atoms with Crippen LogP contribution in [0, 0.1) is 0 Å². The maximum Gasteiger partial charge on any atom is 0.419 e. The van der Waals surface area contributed by atoms with E-state index in [0.717, 1.165) is 27.6 Å². The van der Waals surface area contributed by atoms with E-state index < -0.39 is 5.60 Å². The van der Waals surface area contributed by atoms with Gasteiger partial charge >= 0.3 is 6.09 Å². The molecule has 0 fully saturated rings. The highest BCUT2D eigenvalue weighted by atomic mass is 32.1. The summed E-state index contributed by atoms with van der Waals surface area (Å²) in [6, 6.07) is 8.06. The van der Waals surface area contributed by atoms with Gasteiger partial charge in [0.05, 0.1) is 21.1 Å². The lowest BCUT2D eigenvalue weighted by Gasteiger charge is -2.31. The van der Waals surface area contributed by atoms with E-state index in [0.29, 0.717) is 0 Å². The highest BCUT2D eigenvalue weighted by Gasteiger charge is 2.31. The molecule has 3 rings (SSSR count). The molecule has 0 N–H and O–H groups in total. The van der Waals surface area contributed by atoms with E-state index in [2.05, 4.69) is 12.2 Å². The van der Waals surface area contributed by atoms with Crippen molar-refractivity contribution in [1.29, 1.82) is 0 Å². The third-order valence-electron chi connectivity index (χ3n) is 3.23. The molecule has 1 aliphatic heterocycles. The Balaban J connectivity index is 2.00. The van der Waals surface area contributed by atoms with Crippen LogP contribution >= 0.6 is 22.7 Å². The molecule has 1 amide bonds. The minimum Gasteiger partial charge on any atom is -0.443 e. The van der Waals surface area contributed by atoms with Crippen molar-refractivity contribution >= 4 is 40.2 Å². The van der Waals surface area contributed by atoms with Gasteiger partial charge in [0.25, 0.3) is 0 Å². The van der Waals surface area contributed by atoms with Crippen LogP contribution in [0.1, 0.15) is 36.9 Å². The summed E-state index contributed by atoms with van der Waals surface area (Å²) in [6.07, 6.45) is 4.62. The molecule has 0 saturated carbocycles. The highest BCUT2D eigenvalue weighted by molar-refractivity contribution is 7.11. The molecule has 5 heteroatoms. The van der Waals surface area contributed by atoms with Crippen LogP contribution in [0.2, 0.25) is 0 Å². The minimum absolute atomic E-state index is 0.337. The van der Waals surface area contributed by atoms with Crippen molar-refractivity contribution in [3.8, 4) is 0 Å². The summed E-state index contributed by atoms with van der Waals surface area (Å²) in [7, 11) is 0. The second-order valence-corrected chi connectivity index (χ2v) is 8.08. The van der Waals surface area contributed by atoms with Gasteiger partial charge in [-0.25, -0.2) is 9.69 Å². The molecule has 0 aromatic carbocycles. The molecule has 2 aromatic rings. The summed E-state index contributed by atoms with van der Waals surface area (Å²) in [5.41, 5.74) is 1.27. The van der Waals surface area contributed by atoms with Crippen molar-refractivity contribution in [2.24, 2.45) is 0 Å². The quantitative estimate of drug-likeness (QED) is 0.685. The third-order valence-corrected chi connectivity index (χ3v) is 5.01. The number of hydrogen-bond donors (Lipinski definition) is 0. The zero-order chi connectivity index (χ0) is 16.4. The van der Waals surface area contributed by atoms with Gasteiger partial charge in [-0.2, -0.15) is 0 Å². The zero-order valence-electron chi connectivity index (χ0n) is 13.4. The van der Waals surface area contributed by atoms with Gasteiger partial charge in [0.2, 0.25) is 0 Å². The van der Waals surface area contributed by atoms with Gasteiger partial charge in [-0.1, -0.05) is 24.3 Å². The number of thiophene rings is 2. The first-order valence-corrected chi connectivity index (χ1v) is 9.23. The molecule has 120 valence electrons. The molecule has 1 aliphatic rings. The summed E-state index contributed by atoms with van der Waals surface area (Å²) >= 11 is 3.25. The van der Waals surface area contributed by atoms with Gasteiger partial charge in [0.1, 0.15) is 5.60 Å². The molecule has 2 aromatic heterocycles. The number of carbonyl (C=O) groups excluding carboxylic acids is 1. The number of ether oxygens (including phenoxy) is 1. The predicted octanol–water partition coefficient (Wildman–Crippen LogP) is 5.83. The SMILES string of the molecule is CC(C)(C)OC(=O)N1C(c2cccs2)=CCC=C1c1cccs1. The minimum atomic E-state index is -0.532. The lowest BCUT2D eigenvalue weighted by Crippen LogP contribution is -2.35. The summed E-state index contributed by atoms with van der Waals surface area (Å²) in [6.45, 7) is 5.66. The van der Waals surface area contributed by atoms with Gasteiger partial charge in [0, 0.05) is 0 Å². The lowest BCUT2D eigenvalue weighted by molar-refractivity contribution is 0.0426. The average Bonchev–Trinajstić information content (AvgIpc) is 3.18. The van der Waals surface area contributed by atoms with Gasteiger partial charge in [0.15, 0.2) is 0 Å². The molecule has 0 aliphatic carbocycles. The van der Waals surface area contributed by atoms with Crippen LogP contribution in [0.25, 0.3) is 11.4 Å². The molecule has 0 unspecified atom stereocenters. The number of allylic oxidation sites excluding steroid dienone is 2. The Kier molecular flexibility index (Phi) is 4.41. The van der Waals surface area contributed by atoms with E-state index in [-0.39, 0.29) is 6.09 Å². The highest BCUT2D eigenvalue weighted by Crippen LogP contribution is 2.37. The molecule has 3 heterocycles. The van der Waals surface area contributed by atoms with Gasteiger partial charge < -0.3 is 4.74 Å². The lowest BCUT2D eigenvalue weighted by atomic mass is 10.1. The van der Waals surface area contributed by atoms with Crippen LogP contribution < -0.4 is 0 Å². The Morgan fingerprint density at radius 3 is 1.96 bits per heavy atom. The number of rotatable bonds is 2. The first kappa shape index (κ1) is 16.0. The largest absolute Gasteiger partial charge is 0.443 e. The second kappa shape index (κ2) is 6.34. The fourth-order valence-electron chi connectivity index (χ4n) is 2.37. The monoisotopic (exact) mass is 345 g/mol. The predicted molar refractivity (Wildman–Crippen MR) is 97.3 cm³/mol. The van der Waals surface area contributed by atoms with E-state index >= 15 is 0 Å². The standard InChI is InChI=1S/C18H19NO2S2/c1-18(2,3)21-17(20)19-13(15-9-5-11-22-15)7-4-8-14(19)16-10-6-12-23-16/h5-12H,4H2,1-3H3. The molecule has 0 atom stereocenters. The fraction of sp³-hybridized carbons (Fsp3) is 0.278. The normalized spacial score (nSPS) is 15.2. The number of carbonyl (C=O) groups is 1. The molecule has 0 spiro atoms. The first-order chi connectivity index (χ1) is 11.0. The molecule has 0 saturated heterocycles. The van der Waals surface area contributed by atoms with Crippen molar-refractivity contribution in [3.63, 3.8) is 0 Å². The van der Waals surface area contributed by atoms with Gasteiger partial charge in [-0.3, -0.25) is 0 Å². The van der Waals surface area contributed by atoms with Crippen LogP contribution in [0.3, 0.4) is 0 Å². The van der Waals surface area contributed by atoms with Gasteiger partial charge in [-0.15, -0.1) is 22.7 Å². The zero-order valence-corrected chi connectivity index (χ0v) is 15.0. The van der Waals surface area contributed by atoms with Gasteiger partial charge in [-0.05, 0) is 50.1 Å². The Morgan fingerprint density at radius 2 is 1.57 bits per heavy atom. The molecular weight excluding hydrogens is 326 g/mol. The van der Waals surface area contributed by atoms with Crippen molar-refractivity contribution in [3.05, 3.63) is 56.9 Å². The Labute approximate surface area is 144 Å². The van der Waals surface area contributed by atoms with E-state index in [1.807, 2.05) is 55.8 Å². The molecule has 3 nitrogen and oxygen atoms in total. The molecular formula is C18H19NO2S2. The van der Waals surface area contributed by atoms with Crippen LogP contribution in [0.5, 0.6) is 0 Å². The average molecular weight is 345 g/mol. The van der Waals surface area contributed by atoms with Crippen molar-refractivity contribution in [1.82, 2.24) is 4.90 Å². The third kappa shape index (κ3) is 3.57. The summed E-state index contributed by atoms with van der Waals surface area (Å²) in [5, 5.41) is 4.04. The number of amides is 1. The Morgan fingerprint density at radius 1 is 1.04 bits per heavy atom. The van der Waals surface area contributed by atoms with Crippen molar-refractivity contribution < 1.29 is 9.53 Å². The maximum absolute atomic E-state index is 12.9. The first-order valence-electron chi connectivity index (χ1n) is 7.47. The summed E-state index contributed by atoms with van der Waals surface area (Å²) in [4.78, 5) is 16.7. The van der Waals surface area contributed by atoms with Crippen molar-refractivity contribution in [2.75, 3.05) is 0 Å². The Bertz CT molecular complexity index is 684. The summed E-state index contributed by atoms with van der Waals surface area (Å²) in [5.74, 6) is 0. The van der Waals surface area contributed by atoms with E-state index in [9.17, 15) is 4.79 Å². The second-order valence-electron chi connectivity index (χ2n) is 6.18. The number of nitrogens with zero attached hydrogens (tertiary/aromatic N) is 1. The topological polar surface area (TPSA) is 29.5 Å². The summed E-state index contributed by atoms with van der Waals surface area (Å²) < 4.78 is 5.65. The number of hydrogen-bond acceptors (Lipinski definition) is 4.